The molecule has 3 aromatic carbocycles. The summed E-state index contributed by atoms with van der Waals surface area (Å²) >= 11 is 0. The van der Waals surface area contributed by atoms with Gasteiger partial charge in [-0.15, -0.1) is 0 Å². The molecule has 1 aliphatic rings. The highest BCUT2D eigenvalue weighted by atomic mass is 19.4. The minimum absolute atomic E-state index is 0.0182. The Labute approximate surface area is 249 Å². The summed E-state index contributed by atoms with van der Waals surface area (Å²) in [4.78, 5) is 16.5. The van der Waals surface area contributed by atoms with E-state index in [1.54, 1.807) is 0 Å². The number of rotatable bonds is 10. The molecule has 5 rings (SSSR count). The maximum absolute atomic E-state index is 13.1. The summed E-state index contributed by atoms with van der Waals surface area (Å²) in [5, 5.41) is 5.54. The molecule has 2 heterocycles. The van der Waals surface area contributed by atoms with Crippen molar-refractivity contribution in [2.24, 2.45) is 0 Å². The molecule has 0 radical (unpaired) electrons. The Kier molecular flexibility index (Phi) is 9.37. The smallest absolute Gasteiger partial charge is 0.422 e. The quantitative estimate of drug-likeness (QED) is 0.195. The molecule has 8 nitrogen and oxygen atoms in total. The first kappa shape index (κ1) is 30.9. The van der Waals surface area contributed by atoms with Crippen molar-refractivity contribution in [3.63, 3.8) is 0 Å². The molecular weight excluding hydrogens is 588 g/mol. The second kappa shape index (κ2) is 13.4. The van der Waals surface area contributed by atoms with Crippen LogP contribution < -0.4 is 20.3 Å². The second-order valence-electron chi connectivity index (χ2n) is 10.1. The fraction of sp³-hybridized carbons (Fsp3) is 0.300. The monoisotopic (exact) mass is 617 g/mol. The van der Waals surface area contributed by atoms with Gasteiger partial charge in [-0.2, -0.15) is 41.3 Å². The Morgan fingerprint density at radius 2 is 1.43 bits per heavy atom. The van der Waals surface area contributed by atoms with E-state index in [0.717, 1.165) is 56.1 Å². The van der Waals surface area contributed by atoms with E-state index in [1.807, 2.05) is 42.5 Å². The molecule has 0 aliphatic carbocycles. The molecule has 1 fully saturated rings. The van der Waals surface area contributed by atoms with Crippen LogP contribution in [0.5, 0.6) is 6.01 Å². The second-order valence-corrected chi connectivity index (χ2v) is 10.1. The first-order valence-electron chi connectivity index (χ1n) is 13.7. The highest BCUT2D eigenvalue weighted by Gasteiger charge is 2.31. The molecule has 1 aromatic heterocycles. The van der Waals surface area contributed by atoms with Crippen LogP contribution in [-0.2, 0) is 19.3 Å². The maximum Gasteiger partial charge on any atom is 0.422 e. The molecule has 0 saturated carbocycles. The molecule has 2 N–H and O–H groups in total. The number of alkyl halides is 6. The summed E-state index contributed by atoms with van der Waals surface area (Å²) in [6.07, 6.45) is -9.24. The van der Waals surface area contributed by atoms with Crippen molar-refractivity contribution in [3.8, 4) is 6.01 Å². The minimum atomic E-state index is -4.65. The zero-order valence-corrected chi connectivity index (χ0v) is 23.4. The van der Waals surface area contributed by atoms with E-state index >= 15 is 0 Å². The molecule has 0 atom stereocenters. The average Bonchev–Trinajstić information content (AvgIpc) is 2.99. The highest BCUT2D eigenvalue weighted by molar-refractivity contribution is 5.56. The van der Waals surface area contributed by atoms with Gasteiger partial charge in [-0.3, -0.25) is 4.90 Å². The van der Waals surface area contributed by atoms with Gasteiger partial charge in [0.2, 0.25) is 11.9 Å². The predicted octanol–water partition coefficient (Wildman–Crippen LogP) is 6.51. The zero-order chi connectivity index (χ0) is 31.2. The van der Waals surface area contributed by atoms with Crippen LogP contribution in [0.15, 0.2) is 78.9 Å². The molecule has 0 bridgehead atoms. The molecule has 14 heteroatoms. The van der Waals surface area contributed by atoms with Crippen molar-refractivity contribution in [2.45, 2.75) is 25.4 Å². The van der Waals surface area contributed by atoms with E-state index in [9.17, 15) is 26.3 Å². The van der Waals surface area contributed by atoms with Crippen molar-refractivity contribution in [2.75, 3.05) is 48.3 Å². The lowest BCUT2D eigenvalue weighted by atomic mass is 10.1. The standard InChI is InChI=1S/C30H29F6N7O/c31-29(32,33)20-44-28-40-26(39-27(41-28)38-24-10-5-9-23(17-24)30(34,35)36)37-18-22-8-4-11-25(16-22)43-14-12-42(13-15-43)19-21-6-2-1-3-7-21/h1-11,16-17H,12-15,18-20H2,(H2,37,38,39,40,41). The number of anilines is 4. The van der Waals surface area contributed by atoms with Crippen molar-refractivity contribution < 1.29 is 31.1 Å². The summed E-state index contributed by atoms with van der Waals surface area (Å²) in [5.74, 6) is -0.410. The Hall–Kier alpha value is -4.59. The van der Waals surface area contributed by atoms with Gasteiger partial charge in [0.25, 0.3) is 0 Å². The van der Waals surface area contributed by atoms with Crippen LogP contribution in [0.3, 0.4) is 0 Å². The SMILES string of the molecule is FC(F)(F)COc1nc(NCc2cccc(N3CCN(Cc4ccccc4)CC3)c2)nc(Nc2cccc(C(F)(F)F)c2)n1. The third-order valence-electron chi connectivity index (χ3n) is 6.77. The van der Waals surface area contributed by atoms with Crippen molar-refractivity contribution in [3.05, 3.63) is 95.6 Å². The molecular formula is C30H29F6N7O. The van der Waals surface area contributed by atoms with Crippen molar-refractivity contribution in [1.29, 1.82) is 0 Å². The lowest BCUT2D eigenvalue weighted by Crippen LogP contribution is -2.46. The van der Waals surface area contributed by atoms with Gasteiger partial charge in [-0.25, -0.2) is 0 Å². The van der Waals surface area contributed by atoms with Crippen LogP contribution in [-0.4, -0.2) is 58.8 Å². The van der Waals surface area contributed by atoms with Crippen LogP contribution in [0.25, 0.3) is 0 Å². The number of benzene rings is 3. The lowest BCUT2D eigenvalue weighted by molar-refractivity contribution is -0.154. The average molecular weight is 618 g/mol. The summed E-state index contributed by atoms with van der Waals surface area (Å²) in [7, 11) is 0. The van der Waals surface area contributed by atoms with Gasteiger partial charge in [0.05, 0.1) is 5.56 Å². The normalized spacial score (nSPS) is 14.4. The molecule has 0 unspecified atom stereocenters. The van der Waals surface area contributed by atoms with E-state index in [0.29, 0.717) is 0 Å². The molecule has 44 heavy (non-hydrogen) atoms. The van der Waals surface area contributed by atoms with E-state index < -0.39 is 30.5 Å². The number of piperazine rings is 1. The predicted molar refractivity (Wildman–Crippen MR) is 154 cm³/mol. The fourth-order valence-electron chi connectivity index (χ4n) is 4.65. The number of aromatic nitrogens is 3. The van der Waals surface area contributed by atoms with E-state index in [4.69, 9.17) is 4.74 Å². The van der Waals surface area contributed by atoms with E-state index in [2.05, 4.69) is 47.5 Å². The first-order chi connectivity index (χ1) is 21.0. The minimum Gasteiger partial charge on any atom is -0.454 e. The largest absolute Gasteiger partial charge is 0.454 e. The van der Waals surface area contributed by atoms with Crippen LogP contribution in [0, 0.1) is 0 Å². The molecule has 4 aromatic rings. The topological polar surface area (TPSA) is 78.4 Å². The van der Waals surface area contributed by atoms with Crippen molar-refractivity contribution in [1.82, 2.24) is 19.9 Å². The van der Waals surface area contributed by atoms with Gasteiger partial charge in [-0.1, -0.05) is 48.5 Å². The van der Waals surface area contributed by atoms with Gasteiger partial charge in [0, 0.05) is 50.6 Å². The molecule has 232 valence electrons. The third kappa shape index (κ3) is 8.96. The van der Waals surface area contributed by atoms with Crippen molar-refractivity contribution >= 4 is 23.3 Å². The van der Waals surface area contributed by atoms with Crippen LogP contribution >= 0.6 is 0 Å². The first-order valence-corrected chi connectivity index (χ1v) is 13.7. The summed E-state index contributed by atoms with van der Waals surface area (Å²) in [6, 6.07) is 21.7. The van der Waals surface area contributed by atoms with Crippen LogP contribution in [0.1, 0.15) is 16.7 Å². The number of nitrogens with one attached hydrogen (secondary N) is 2. The van der Waals surface area contributed by atoms with Crippen LogP contribution in [0.2, 0.25) is 0 Å². The Balaban J connectivity index is 1.25. The molecule has 1 aliphatic heterocycles. The van der Waals surface area contributed by atoms with Gasteiger partial charge in [0.1, 0.15) is 0 Å². The number of halogens is 6. The van der Waals surface area contributed by atoms with Gasteiger partial charge in [-0.05, 0) is 41.5 Å². The fourth-order valence-corrected chi connectivity index (χ4v) is 4.65. The lowest BCUT2D eigenvalue weighted by Gasteiger charge is -2.36. The number of ether oxygens (including phenoxy) is 1. The highest BCUT2D eigenvalue weighted by Crippen LogP contribution is 2.31. The van der Waals surface area contributed by atoms with E-state index in [1.165, 1.54) is 17.7 Å². The molecule has 0 amide bonds. The molecule has 0 spiro atoms. The number of nitrogens with zero attached hydrogens (tertiary/aromatic N) is 5. The van der Waals surface area contributed by atoms with Gasteiger partial charge >= 0.3 is 18.4 Å². The Morgan fingerprint density at radius 1 is 0.727 bits per heavy atom. The number of hydrogen-bond donors (Lipinski definition) is 2. The summed E-state index contributed by atoms with van der Waals surface area (Å²) < 4.78 is 82.5. The Bertz CT molecular complexity index is 1530. The van der Waals surface area contributed by atoms with Gasteiger partial charge in [0.15, 0.2) is 6.61 Å². The summed E-state index contributed by atoms with van der Waals surface area (Å²) in [6.45, 7) is 2.97. The van der Waals surface area contributed by atoms with E-state index in [-0.39, 0.29) is 24.1 Å². The summed E-state index contributed by atoms with van der Waals surface area (Å²) in [5.41, 5.74) is 2.23. The Morgan fingerprint density at radius 3 is 2.16 bits per heavy atom. The maximum atomic E-state index is 13.1. The van der Waals surface area contributed by atoms with Gasteiger partial charge < -0.3 is 20.3 Å². The zero-order valence-electron chi connectivity index (χ0n) is 23.4. The number of hydrogen-bond acceptors (Lipinski definition) is 8. The molecule has 1 saturated heterocycles. The third-order valence-corrected chi connectivity index (χ3v) is 6.77. The van der Waals surface area contributed by atoms with Crippen LogP contribution in [0.4, 0.5) is 49.6 Å².